The van der Waals surface area contributed by atoms with Crippen LogP contribution in [0.5, 0.6) is 5.75 Å². The van der Waals surface area contributed by atoms with Crippen LogP contribution in [-0.4, -0.2) is 41.7 Å². The number of benzene rings is 3. The van der Waals surface area contributed by atoms with Crippen LogP contribution in [0.2, 0.25) is 5.02 Å². The minimum absolute atomic E-state index is 0.0800. The first-order valence-electron chi connectivity index (χ1n) is 13.7. The molecule has 0 unspecified atom stereocenters. The SMILES string of the molecule is COc1cccc(CN(C(=O)CSCc2c(F)cccc2Cl)[C@H](Cc2ccccc2)C(=O)NC2CCCCC2)c1. The lowest BCUT2D eigenvalue weighted by atomic mass is 9.94. The summed E-state index contributed by atoms with van der Waals surface area (Å²) in [5.74, 6) is 0.279. The smallest absolute Gasteiger partial charge is 0.243 e. The molecule has 0 aromatic heterocycles. The number of hydrogen-bond acceptors (Lipinski definition) is 4. The van der Waals surface area contributed by atoms with Crippen LogP contribution < -0.4 is 10.1 Å². The van der Waals surface area contributed by atoms with Gasteiger partial charge in [0, 0.05) is 35.3 Å². The van der Waals surface area contributed by atoms with Crippen molar-refractivity contribution in [2.24, 2.45) is 0 Å². The summed E-state index contributed by atoms with van der Waals surface area (Å²) >= 11 is 7.49. The van der Waals surface area contributed by atoms with E-state index in [9.17, 15) is 14.0 Å². The van der Waals surface area contributed by atoms with Gasteiger partial charge in [-0.25, -0.2) is 4.39 Å². The van der Waals surface area contributed by atoms with Crippen LogP contribution in [0.4, 0.5) is 4.39 Å². The van der Waals surface area contributed by atoms with Crippen LogP contribution in [0.15, 0.2) is 72.8 Å². The molecule has 5 nitrogen and oxygen atoms in total. The Labute approximate surface area is 245 Å². The van der Waals surface area contributed by atoms with Crippen LogP contribution in [0.25, 0.3) is 0 Å². The van der Waals surface area contributed by atoms with Gasteiger partial charge < -0.3 is 15.0 Å². The summed E-state index contributed by atoms with van der Waals surface area (Å²) < 4.78 is 19.7. The molecule has 1 N–H and O–H groups in total. The number of nitrogens with zero attached hydrogens (tertiary/aromatic N) is 1. The Bertz CT molecular complexity index is 1250. The molecule has 1 aliphatic rings. The summed E-state index contributed by atoms with van der Waals surface area (Å²) in [7, 11) is 1.60. The maximum absolute atomic E-state index is 14.3. The number of halogens is 2. The van der Waals surface area contributed by atoms with E-state index in [2.05, 4.69) is 5.32 Å². The molecule has 1 atom stereocenters. The Morgan fingerprint density at radius 1 is 1.02 bits per heavy atom. The molecule has 1 saturated carbocycles. The van der Waals surface area contributed by atoms with Crippen molar-refractivity contribution < 1.29 is 18.7 Å². The lowest BCUT2D eigenvalue weighted by Gasteiger charge is -2.33. The summed E-state index contributed by atoms with van der Waals surface area (Å²) in [6.07, 6.45) is 5.66. The minimum atomic E-state index is -0.708. The highest BCUT2D eigenvalue weighted by Crippen LogP contribution is 2.26. The average molecular weight is 583 g/mol. The molecule has 1 aliphatic carbocycles. The third-order valence-electron chi connectivity index (χ3n) is 7.24. The van der Waals surface area contributed by atoms with E-state index in [4.69, 9.17) is 16.3 Å². The van der Waals surface area contributed by atoms with Crippen molar-refractivity contribution >= 4 is 35.2 Å². The van der Waals surface area contributed by atoms with E-state index in [1.54, 1.807) is 24.1 Å². The van der Waals surface area contributed by atoms with Gasteiger partial charge in [-0.3, -0.25) is 9.59 Å². The Hall–Kier alpha value is -3.03. The normalized spacial score (nSPS) is 14.4. The van der Waals surface area contributed by atoms with E-state index in [1.807, 2.05) is 54.6 Å². The fourth-order valence-corrected chi connectivity index (χ4v) is 6.31. The van der Waals surface area contributed by atoms with E-state index >= 15 is 0 Å². The lowest BCUT2D eigenvalue weighted by molar-refractivity contribution is -0.139. The van der Waals surface area contributed by atoms with Crippen molar-refractivity contribution in [1.29, 1.82) is 0 Å². The summed E-state index contributed by atoms with van der Waals surface area (Å²) in [5, 5.41) is 3.58. The maximum atomic E-state index is 14.3. The molecule has 8 heteroatoms. The molecule has 2 amide bonds. The molecule has 0 saturated heterocycles. The predicted octanol–water partition coefficient (Wildman–Crippen LogP) is 6.81. The van der Waals surface area contributed by atoms with Crippen LogP contribution >= 0.6 is 23.4 Å². The molecule has 3 aromatic rings. The Kier molecular flexibility index (Phi) is 11.3. The second-order valence-corrected chi connectivity index (χ2v) is 11.5. The molecule has 0 bridgehead atoms. The first-order valence-corrected chi connectivity index (χ1v) is 15.2. The van der Waals surface area contributed by atoms with Crippen molar-refractivity contribution in [3.8, 4) is 5.75 Å². The van der Waals surface area contributed by atoms with Gasteiger partial charge >= 0.3 is 0 Å². The van der Waals surface area contributed by atoms with Crippen LogP contribution in [0, 0.1) is 5.82 Å². The van der Waals surface area contributed by atoms with Crippen molar-refractivity contribution in [1.82, 2.24) is 10.2 Å². The number of thioether (sulfide) groups is 1. The summed E-state index contributed by atoms with van der Waals surface area (Å²) in [4.78, 5) is 29.4. The van der Waals surface area contributed by atoms with Gasteiger partial charge in [-0.15, -0.1) is 11.8 Å². The molecule has 0 heterocycles. The second-order valence-electron chi connectivity index (χ2n) is 10.1. The number of carbonyl (C=O) groups excluding carboxylic acids is 2. The van der Waals surface area contributed by atoms with Gasteiger partial charge in [0.2, 0.25) is 11.8 Å². The summed E-state index contributed by atoms with van der Waals surface area (Å²) in [5.41, 5.74) is 2.20. The van der Waals surface area contributed by atoms with Crippen molar-refractivity contribution in [3.63, 3.8) is 0 Å². The number of rotatable bonds is 12. The highest BCUT2D eigenvalue weighted by Gasteiger charge is 2.32. The molecule has 212 valence electrons. The number of hydrogen-bond donors (Lipinski definition) is 1. The average Bonchev–Trinajstić information content (AvgIpc) is 2.97. The monoisotopic (exact) mass is 582 g/mol. The number of nitrogens with one attached hydrogen (secondary N) is 1. The van der Waals surface area contributed by atoms with Gasteiger partial charge in [0.15, 0.2) is 0 Å². The van der Waals surface area contributed by atoms with E-state index < -0.39 is 11.9 Å². The number of amides is 2. The first-order chi connectivity index (χ1) is 19.4. The topological polar surface area (TPSA) is 58.6 Å². The Morgan fingerprint density at radius 2 is 1.75 bits per heavy atom. The zero-order valence-corrected chi connectivity index (χ0v) is 24.4. The van der Waals surface area contributed by atoms with E-state index in [-0.39, 0.29) is 35.9 Å². The van der Waals surface area contributed by atoms with E-state index in [0.29, 0.717) is 22.8 Å². The molecule has 1 fully saturated rings. The molecule has 3 aromatic carbocycles. The van der Waals surface area contributed by atoms with E-state index in [1.165, 1.54) is 24.2 Å². The number of ether oxygens (including phenoxy) is 1. The van der Waals surface area contributed by atoms with Gasteiger partial charge in [0.25, 0.3) is 0 Å². The standard InChI is InChI=1S/C32H36ClFN2O3S/c1-39-26-15-8-12-24(18-26)20-36(31(37)22-40-21-27-28(33)16-9-17-29(27)34)30(19-23-10-4-2-5-11-23)32(38)35-25-13-6-3-7-14-25/h2,4-5,8-12,15-18,25,30H,3,6-7,13-14,19-22H2,1H3,(H,35,38)/t30-/m1/s1. The summed E-state index contributed by atoms with van der Waals surface area (Å²) in [6, 6.07) is 21.3. The van der Waals surface area contributed by atoms with E-state index in [0.717, 1.165) is 36.8 Å². The lowest BCUT2D eigenvalue weighted by Crippen LogP contribution is -2.53. The highest BCUT2D eigenvalue weighted by atomic mass is 35.5. The fraction of sp³-hybridized carbons (Fsp3) is 0.375. The molecular weight excluding hydrogens is 547 g/mol. The van der Waals surface area contributed by atoms with Crippen molar-refractivity contribution in [2.45, 2.75) is 62.9 Å². The molecular formula is C32H36ClFN2O3S. The number of methoxy groups -OCH3 is 1. The molecule has 40 heavy (non-hydrogen) atoms. The van der Waals surface area contributed by atoms with Gasteiger partial charge in [-0.1, -0.05) is 79.4 Å². The van der Waals surface area contributed by atoms with Crippen LogP contribution in [0.3, 0.4) is 0 Å². The van der Waals surface area contributed by atoms with Crippen LogP contribution in [-0.2, 0) is 28.3 Å². The Balaban J connectivity index is 1.59. The van der Waals surface area contributed by atoms with Crippen LogP contribution in [0.1, 0.15) is 48.8 Å². The molecule has 0 spiro atoms. The molecule has 4 rings (SSSR count). The highest BCUT2D eigenvalue weighted by molar-refractivity contribution is 7.99. The maximum Gasteiger partial charge on any atom is 0.243 e. The summed E-state index contributed by atoms with van der Waals surface area (Å²) in [6.45, 7) is 0.243. The molecule has 0 aliphatic heterocycles. The zero-order valence-electron chi connectivity index (χ0n) is 22.8. The van der Waals surface area contributed by atoms with Gasteiger partial charge in [-0.05, 0) is 48.2 Å². The second kappa shape index (κ2) is 15.1. The largest absolute Gasteiger partial charge is 0.497 e. The third-order valence-corrected chi connectivity index (χ3v) is 8.54. The van der Waals surface area contributed by atoms with Gasteiger partial charge in [0.1, 0.15) is 17.6 Å². The number of carbonyl (C=O) groups is 2. The quantitative estimate of drug-likeness (QED) is 0.255. The van der Waals surface area contributed by atoms with Gasteiger partial charge in [0.05, 0.1) is 12.9 Å². The first kappa shape index (κ1) is 29.9. The minimum Gasteiger partial charge on any atom is -0.497 e. The Morgan fingerprint density at radius 3 is 2.48 bits per heavy atom. The fourth-order valence-electron chi connectivity index (χ4n) is 5.06. The molecule has 0 radical (unpaired) electrons. The van der Waals surface area contributed by atoms with Gasteiger partial charge in [-0.2, -0.15) is 0 Å². The third kappa shape index (κ3) is 8.48. The zero-order chi connectivity index (χ0) is 28.3. The van der Waals surface area contributed by atoms with Crippen molar-refractivity contribution in [2.75, 3.05) is 12.9 Å². The predicted molar refractivity (Wildman–Crippen MR) is 160 cm³/mol. The van der Waals surface area contributed by atoms with Crippen molar-refractivity contribution in [3.05, 3.63) is 100 Å².